The van der Waals surface area contributed by atoms with Crippen LogP contribution in [-0.4, -0.2) is 24.1 Å². The maximum atomic E-state index is 4.31. The second kappa shape index (κ2) is 6.07. The number of rotatable bonds is 3. The first kappa shape index (κ1) is 13.7. The lowest BCUT2D eigenvalue weighted by atomic mass is 10.0. The number of aromatic nitrogens is 1. The lowest BCUT2D eigenvalue weighted by molar-refractivity contribution is 0.479. The van der Waals surface area contributed by atoms with Gasteiger partial charge in [-0.15, -0.1) is 0 Å². The van der Waals surface area contributed by atoms with Crippen molar-refractivity contribution >= 4 is 27.8 Å². The van der Waals surface area contributed by atoms with Crippen LogP contribution in [0.3, 0.4) is 0 Å². The second-order valence-corrected chi connectivity index (χ2v) is 6.58. The Morgan fingerprint density at radius 1 is 1.14 bits per heavy atom. The number of hydrogen-bond acceptors (Lipinski definition) is 4. The van der Waals surface area contributed by atoms with Crippen molar-refractivity contribution in [3.8, 4) is 11.1 Å². The zero-order valence-corrected chi connectivity index (χ0v) is 13.2. The van der Waals surface area contributed by atoms with Gasteiger partial charge in [0.1, 0.15) is 0 Å². The molecule has 1 aromatic carbocycles. The van der Waals surface area contributed by atoms with Crippen LogP contribution >= 0.6 is 11.3 Å². The summed E-state index contributed by atoms with van der Waals surface area (Å²) in [6.07, 6.45) is 6.18. The molecule has 0 amide bonds. The molecule has 0 unspecified atom stereocenters. The molecule has 22 heavy (non-hydrogen) atoms. The molecule has 1 fully saturated rings. The number of benzene rings is 1. The summed E-state index contributed by atoms with van der Waals surface area (Å²) in [5, 5.41) is 14.0. The van der Waals surface area contributed by atoms with Crippen LogP contribution in [0.5, 0.6) is 0 Å². The molecule has 4 heteroatoms. The first-order chi connectivity index (χ1) is 10.9. The first-order valence-corrected chi connectivity index (χ1v) is 8.72. The van der Waals surface area contributed by atoms with Crippen LogP contribution in [0.15, 0.2) is 47.4 Å². The normalized spacial score (nSPS) is 16.0. The zero-order chi connectivity index (χ0) is 14.8. The Hall–Kier alpha value is -1.91. The van der Waals surface area contributed by atoms with E-state index in [0.29, 0.717) is 6.04 Å². The Morgan fingerprint density at radius 3 is 2.86 bits per heavy atom. The molecule has 0 bridgehead atoms. The highest BCUT2D eigenvalue weighted by Gasteiger charge is 2.14. The number of thiophene rings is 1. The van der Waals surface area contributed by atoms with E-state index >= 15 is 0 Å². The highest BCUT2D eigenvalue weighted by molar-refractivity contribution is 7.08. The molecule has 4 rings (SSSR count). The van der Waals surface area contributed by atoms with Crippen LogP contribution in [0.1, 0.15) is 12.8 Å². The number of pyridine rings is 1. The maximum Gasteiger partial charge on any atom is 0.0443 e. The van der Waals surface area contributed by atoms with E-state index in [-0.39, 0.29) is 0 Å². The monoisotopic (exact) mass is 309 g/mol. The molecule has 0 spiro atoms. The summed E-state index contributed by atoms with van der Waals surface area (Å²) in [5.41, 5.74) is 3.77. The van der Waals surface area contributed by atoms with Crippen LogP contribution in [0.4, 0.5) is 5.69 Å². The SMILES string of the molecule is c1cc2cc(-c3ccsc3)cc(NC3CCNCC3)c2cn1. The Balaban J connectivity index is 1.77. The molecule has 0 aliphatic carbocycles. The van der Waals surface area contributed by atoms with Gasteiger partial charge in [-0.25, -0.2) is 0 Å². The average molecular weight is 309 g/mol. The Bertz CT molecular complexity index is 761. The molecule has 2 aromatic heterocycles. The van der Waals surface area contributed by atoms with Gasteiger partial charge in [0.05, 0.1) is 0 Å². The van der Waals surface area contributed by atoms with E-state index in [4.69, 9.17) is 0 Å². The minimum Gasteiger partial charge on any atom is -0.382 e. The van der Waals surface area contributed by atoms with Crippen molar-refractivity contribution in [1.29, 1.82) is 0 Å². The van der Waals surface area contributed by atoms with Crippen molar-refractivity contribution in [3.63, 3.8) is 0 Å². The Kier molecular flexibility index (Phi) is 3.79. The zero-order valence-electron chi connectivity index (χ0n) is 12.4. The van der Waals surface area contributed by atoms with Gasteiger partial charge >= 0.3 is 0 Å². The van der Waals surface area contributed by atoms with Crippen molar-refractivity contribution in [2.24, 2.45) is 0 Å². The summed E-state index contributed by atoms with van der Waals surface area (Å²) in [5.74, 6) is 0. The van der Waals surface area contributed by atoms with Gasteiger partial charge in [0.15, 0.2) is 0 Å². The van der Waals surface area contributed by atoms with Gasteiger partial charge in [-0.3, -0.25) is 4.98 Å². The highest BCUT2D eigenvalue weighted by Crippen LogP contribution is 2.32. The second-order valence-electron chi connectivity index (χ2n) is 5.80. The van der Waals surface area contributed by atoms with E-state index in [1.807, 2.05) is 12.4 Å². The number of fused-ring (bicyclic) bond motifs is 1. The lowest BCUT2D eigenvalue weighted by Gasteiger charge is -2.25. The van der Waals surface area contributed by atoms with E-state index in [1.165, 1.54) is 40.4 Å². The van der Waals surface area contributed by atoms with Crippen molar-refractivity contribution in [1.82, 2.24) is 10.3 Å². The van der Waals surface area contributed by atoms with Crippen LogP contribution in [0.25, 0.3) is 21.9 Å². The number of nitrogens with zero attached hydrogens (tertiary/aromatic N) is 1. The fourth-order valence-corrected chi connectivity index (χ4v) is 3.76. The summed E-state index contributed by atoms with van der Waals surface area (Å²) in [4.78, 5) is 4.31. The highest BCUT2D eigenvalue weighted by atomic mass is 32.1. The van der Waals surface area contributed by atoms with Gasteiger partial charge in [0.2, 0.25) is 0 Å². The number of hydrogen-bond donors (Lipinski definition) is 2. The minimum atomic E-state index is 0.544. The third-order valence-electron chi connectivity index (χ3n) is 4.31. The number of nitrogens with one attached hydrogen (secondary N) is 2. The van der Waals surface area contributed by atoms with Gasteiger partial charge < -0.3 is 10.6 Å². The summed E-state index contributed by atoms with van der Waals surface area (Å²) in [6.45, 7) is 2.19. The van der Waals surface area contributed by atoms with Crippen molar-refractivity contribution in [2.75, 3.05) is 18.4 Å². The van der Waals surface area contributed by atoms with Crippen LogP contribution < -0.4 is 10.6 Å². The smallest absolute Gasteiger partial charge is 0.0443 e. The topological polar surface area (TPSA) is 37.0 Å². The Labute approximate surface area is 134 Å². The maximum absolute atomic E-state index is 4.31. The van der Waals surface area contributed by atoms with Gasteiger partial charge in [-0.2, -0.15) is 11.3 Å². The summed E-state index contributed by atoms with van der Waals surface area (Å²) < 4.78 is 0. The third kappa shape index (κ3) is 2.72. The predicted molar refractivity (Wildman–Crippen MR) is 94.6 cm³/mol. The molecule has 0 atom stereocenters. The Morgan fingerprint density at radius 2 is 2.05 bits per heavy atom. The number of piperidine rings is 1. The molecule has 1 aliphatic heterocycles. The van der Waals surface area contributed by atoms with E-state index in [9.17, 15) is 0 Å². The fraction of sp³-hybridized carbons (Fsp3) is 0.278. The molecule has 3 heterocycles. The van der Waals surface area contributed by atoms with Gasteiger partial charge in [-0.1, -0.05) is 0 Å². The summed E-state index contributed by atoms with van der Waals surface area (Å²) >= 11 is 1.74. The molecule has 3 nitrogen and oxygen atoms in total. The van der Waals surface area contributed by atoms with Gasteiger partial charge in [0.25, 0.3) is 0 Å². The third-order valence-corrected chi connectivity index (χ3v) is 4.99. The largest absolute Gasteiger partial charge is 0.382 e. The minimum absolute atomic E-state index is 0.544. The van der Waals surface area contributed by atoms with Crippen molar-refractivity contribution in [2.45, 2.75) is 18.9 Å². The molecule has 0 radical (unpaired) electrons. The van der Waals surface area contributed by atoms with E-state index in [1.54, 1.807) is 11.3 Å². The average Bonchev–Trinajstić information content (AvgIpc) is 3.10. The predicted octanol–water partition coefficient (Wildman–Crippen LogP) is 4.13. The summed E-state index contributed by atoms with van der Waals surface area (Å²) in [7, 11) is 0. The molecule has 2 N–H and O–H groups in total. The fourth-order valence-electron chi connectivity index (χ4n) is 3.10. The molecule has 1 aliphatic rings. The summed E-state index contributed by atoms with van der Waals surface area (Å²) in [6, 6.07) is 9.35. The first-order valence-electron chi connectivity index (χ1n) is 7.78. The molecule has 112 valence electrons. The lowest BCUT2D eigenvalue weighted by Crippen LogP contribution is -2.35. The number of anilines is 1. The van der Waals surface area contributed by atoms with Crippen LogP contribution in [0, 0.1) is 0 Å². The molecule has 3 aromatic rings. The van der Waals surface area contributed by atoms with E-state index in [2.05, 4.69) is 50.6 Å². The van der Waals surface area contributed by atoms with Crippen molar-refractivity contribution < 1.29 is 0 Å². The quantitative estimate of drug-likeness (QED) is 0.764. The molecule has 0 saturated carbocycles. The van der Waals surface area contributed by atoms with Crippen LogP contribution in [-0.2, 0) is 0 Å². The molecule has 1 saturated heterocycles. The molecular weight excluding hydrogens is 290 g/mol. The van der Waals surface area contributed by atoms with Crippen LogP contribution in [0.2, 0.25) is 0 Å². The molecular formula is C18H19N3S. The van der Waals surface area contributed by atoms with Gasteiger partial charge in [-0.05, 0) is 77.5 Å². The van der Waals surface area contributed by atoms with Gasteiger partial charge in [0, 0.05) is 29.5 Å². The van der Waals surface area contributed by atoms with Crippen molar-refractivity contribution in [3.05, 3.63) is 47.4 Å². The van der Waals surface area contributed by atoms with E-state index in [0.717, 1.165) is 13.1 Å². The standard InChI is InChI=1S/C18H19N3S/c1-5-20-11-17-13(1)9-15(14-4-8-22-12-14)10-18(17)21-16-2-6-19-7-3-16/h1,4-5,8-12,16,19,21H,2-3,6-7H2. The van der Waals surface area contributed by atoms with E-state index < -0.39 is 0 Å².